The Morgan fingerprint density at radius 3 is 2.43 bits per heavy atom. The van der Waals surface area contributed by atoms with Gasteiger partial charge in [-0.3, -0.25) is 0 Å². The molecule has 1 aromatic carbocycles. The predicted octanol–water partition coefficient (Wildman–Crippen LogP) is 2.07. The smallest absolute Gasteiger partial charge is 0.387 e. The molecule has 0 radical (unpaired) electrons. The molecule has 0 saturated carbocycles. The van der Waals surface area contributed by atoms with Crippen molar-refractivity contribution in [3.8, 4) is 6.07 Å². The minimum Gasteiger partial charge on any atom is -0.387 e. The van der Waals surface area contributed by atoms with E-state index >= 15 is 0 Å². The largest absolute Gasteiger partial charge is 0.416 e. The molecular formula is C13H12F3NO3S. The SMILES string of the molecule is N#CC1(C(O)c2ccccc2C(F)(F)F)CCS(=O)(=O)C1. The van der Waals surface area contributed by atoms with Gasteiger partial charge in [-0.25, -0.2) is 8.42 Å². The average Bonchev–Trinajstić information content (AvgIpc) is 2.74. The first-order valence-electron chi connectivity index (χ1n) is 6.07. The van der Waals surface area contributed by atoms with Gasteiger partial charge < -0.3 is 5.11 Å². The van der Waals surface area contributed by atoms with E-state index < -0.39 is 44.4 Å². The van der Waals surface area contributed by atoms with Crippen LogP contribution in [0.25, 0.3) is 0 Å². The molecule has 2 unspecified atom stereocenters. The summed E-state index contributed by atoms with van der Waals surface area (Å²) < 4.78 is 62.0. The highest BCUT2D eigenvalue weighted by Crippen LogP contribution is 2.46. The van der Waals surface area contributed by atoms with Crippen LogP contribution in [-0.2, 0) is 16.0 Å². The molecule has 2 rings (SSSR count). The summed E-state index contributed by atoms with van der Waals surface area (Å²) in [5.74, 6) is -0.949. The number of aliphatic hydroxyl groups excluding tert-OH is 1. The number of nitrogens with zero attached hydrogens (tertiary/aromatic N) is 1. The third-order valence-corrected chi connectivity index (χ3v) is 5.42. The van der Waals surface area contributed by atoms with Gasteiger partial charge in [0, 0.05) is 0 Å². The third-order valence-electron chi connectivity index (χ3n) is 3.64. The Morgan fingerprint density at radius 2 is 1.95 bits per heavy atom. The van der Waals surface area contributed by atoms with Crippen molar-refractivity contribution < 1.29 is 26.7 Å². The highest BCUT2D eigenvalue weighted by molar-refractivity contribution is 7.91. The first kappa shape index (κ1) is 15.8. The highest BCUT2D eigenvalue weighted by atomic mass is 32.2. The number of alkyl halides is 3. The van der Waals surface area contributed by atoms with E-state index in [-0.39, 0.29) is 12.2 Å². The first-order valence-corrected chi connectivity index (χ1v) is 7.89. The fourth-order valence-corrected chi connectivity index (χ4v) is 4.50. The highest BCUT2D eigenvalue weighted by Gasteiger charge is 2.50. The van der Waals surface area contributed by atoms with Crippen molar-refractivity contribution in [2.75, 3.05) is 11.5 Å². The maximum Gasteiger partial charge on any atom is 0.416 e. The molecule has 1 aliphatic rings. The molecule has 0 aliphatic carbocycles. The van der Waals surface area contributed by atoms with Crippen LogP contribution >= 0.6 is 0 Å². The zero-order chi connectivity index (χ0) is 15.9. The van der Waals surface area contributed by atoms with Crippen molar-refractivity contribution in [1.82, 2.24) is 0 Å². The van der Waals surface area contributed by atoms with E-state index in [0.717, 1.165) is 12.1 Å². The molecule has 0 spiro atoms. The van der Waals surface area contributed by atoms with Crippen molar-refractivity contribution in [2.24, 2.45) is 5.41 Å². The van der Waals surface area contributed by atoms with Crippen LogP contribution in [0.1, 0.15) is 23.7 Å². The summed E-state index contributed by atoms with van der Waals surface area (Å²) in [6, 6.07) is 6.06. The topological polar surface area (TPSA) is 78.2 Å². The van der Waals surface area contributed by atoms with Gasteiger partial charge in [0.1, 0.15) is 5.41 Å². The Bertz CT molecular complexity index is 693. The summed E-state index contributed by atoms with van der Waals surface area (Å²) in [6.07, 6.45) is -6.68. The zero-order valence-corrected chi connectivity index (χ0v) is 11.6. The molecule has 114 valence electrons. The molecule has 0 bridgehead atoms. The minimum atomic E-state index is -4.69. The monoisotopic (exact) mass is 319 g/mol. The molecule has 21 heavy (non-hydrogen) atoms. The Kier molecular flexibility index (Phi) is 3.76. The number of halogens is 3. The zero-order valence-electron chi connectivity index (χ0n) is 10.8. The van der Waals surface area contributed by atoms with Gasteiger partial charge in [0.15, 0.2) is 9.84 Å². The molecule has 0 aromatic heterocycles. The molecular weight excluding hydrogens is 307 g/mol. The fourth-order valence-electron chi connectivity index (χ4n) is 2.53. The van der Waals surface area contributed by atoms with Crippen LogP contribution in [0.3, 0.4) is 0 Å². The summed E-state index contributed by atoms with van der Waals surface area (Å²) in [6.45, 7) is 0. The molecule has 1 aromatic rings. The van der Waals surface area contributed by atoms with Gasteiger partial charge in [-0.2, -0.15) is 18.4 Å². The quantitative estimate of drug-likeness (QED) is 0.905. The minimum absolute atomic E-state index is 0.181. The van der Waals surface area contributed by atoms with Crippen LogP contribution in [0.2, 0.25) is 0 Å². The lowest BCUT2D eigenvalue weighted by atomic mass is 9.78. The van der Waals surface area contributed by atoms with E-state index in [2.05, 4.69) is 0 Å². The van der Waals surface area contributed by atoms with Gasteiger partial charge in [0.2, 0.25) is 0 Å². The maximum atomic E-state index is 13.0. The van der Waals surface area contributed by atoms with Crippen LogP contribution < -0.4 is 0 Å². The number of hydrogen-bond acceptors (Lipinski definition) is 4. The Labute approximate surface area is 119 Å². The van der Waals surface area contributed by atoms with E-state index in [1.54, 1.807) is 6.07 Å². The van der Waals surface area contributed by atoms with Crippen LogP contribution in [0.4, 0.5) is 13.2 Å². The molecule has 0 amide bonds. The lowest BCUT2D eigenvalue weighted by Crippen LogP contribution is -2.30. The lowest BCUT2D eigenvalue weighted by Gasteiger charge is -2.28. The molecule has 1 saturated heterocycles. The van der Waals surface area contributed by atoms with Crippen LogP contribution in [0.15, 0.2) is 24.3 Å². The van der Waals surface area contributed by atoms with Crippen LogP contribution in [0.5, 0.6) is 0 Å². The molecule has 1 aliphatic heterocycles. The summed E-state index contributed by atoms with van der Waals surface area (Å²) >= 11 is 0. The van der Waals surface area contributed by atoms with E-state index in [1.165, 1.54) is 12.1 Å². The molecule has 8 heteroatoms. The van der Waals surface area contributed by atoms with Crippen molar-refractivity contribution in [3.05, 3.63) is 35.4 Å². The molecule has 1 N–H and O–H groups in total. The van der Waals surface area contributed by atoms with E-state index in [4.69, 9.17) is 0 Å². The van der Waals surface area contributed by atoms with E-state index in [0.29, 0.717) is 0 Å². The van der Waals surface area contributed by atoms with Crippen molar-refractivity contribution >= 4 is 9.84 Å². The number of sulfone groups is 1. The first-order chi connectivity index (χ1) is 9.61. The standard InChI is InChI=1S/C13H12F3NO3S/c14-13(15,16)10-4-2-1-3-9(10)11(18)12(7-17)5-6-21(19,20)8-12/h1-4,11,18H,5-6,8H2. The van der Waals surface area contributed by atoms with E-state index in [9.17, 15) is 32.0 Å². The average molecular weight is 319 g/mol. The summed E-state index contributed by atoms with van der Waals surface area (Å²) in [5, 5.41) is 19.5. The Balaban J connectivity index is 2.51. The van der Waals surface area contributed by atoms with Gasteiger partial charge in [-0.1, -0.05) is 18.2 Å². The molecule has 2 atom stereocenters. The van der Waals surface area contributed by atoms with Crippen molar-refractivity contribution in [2.45, 2.75) is 18.7 Å². The van der Waals surface area contributed by atoms with Crippen molar-refractivity contribution in [3.63, 3.8) is 0 Å². The number of hydrogen-bond donors (Lipinski definition) is 1. The lowest BCUT2D eigenvalue weighted by molar-refractivity contribution is -0.139. The third kappa shape index (κ3) is 2.89. The second-order valence-electron chi connectivity index (χ2n) is 5.10. The number of rotatable bonds is 2. The van der Waals surface area contributed by atoms with E-state index in [1.807, 2.05) is 0 Å². The van der Waals surface area contributed by atoms with Crippen LogP contribution in [-0.4, -0.2) is 25.0 Å². The maximum absolute atomic E-state index is 13.0. The number of benzene rings is 1. The van der Waals surface area contributed by atoms with Gasteiger partial charge in [0.05, 0.1) is 29.2 Å². The Hall–Kier alpha value is -1.59. The van der Waals surface area contributed by atoms with Crippen LogP contribution in [0, 0.1) is 16.7 Å². The normalized spacial score (nSPS) is 26.2. The second-order valence-corrected chi connectivity index (χ2v) is 7.28. The van der Waals surface area contributed by atoms with Gasteiger partial charge in [-0.05, 0) is 18.1 Å². The summed E-state index contributed by atoms with van der Waals surface area (Å²) in [4.78, 5) is 0. The Morgan fingerprint density at radius 1 is 1.33 bits per heavy atom. The van der Waals surface area contributed by atoms with Gasteiger partial charge in [0.25, 0.3) is 0 Å². The fraction of sp³-hybridized carbons (Fsp3) is 0.462. The van der Waals surface area contributed by atoms with Crippen molar-refractivity contribution in [1.29, 1.82) is 5.26 Å². The van der Waals surface area contributed by atoms with Gasteiger partial charge in [-0.15, -0.1) is 0 Å². The van der Waals surface area contributed by atoms with Gasteiger partial charge >= 0.3 is 6.18 Å². The second kappa shape index (κ2) is 5.00. The number of aliphatic hydroxyl groups is 1. The predicted molar refractivity (Wildman–Crippen MR) is 67.7 cm³/mol. The summed E-state index contributed by atoms with van der Waals surface area (Å²) in [7, 11) is -3.53. The summed E-state index contributed by atoms with van der Waals surface area (Å²) in [5.41, 5.74) is -3.26. The molecule has 1 heterocycles. The number of nitriles is 1. The molecule has 1 fully saturated rings. The molecule has 4 nitrogen and oxygen atoms in total.